The third-order valence-corrected chi connectivity index (χ3v) is 4.28. The molecule has 1 aliphatic heterocycles. The average Bonchev–Trinajstić information content (AvgIpc) is 2.60. The maximum Gasteiger partial charge on any atom is 0.234 e. The Kier molecular flexibility index (Phi) is 6.99. The molecule has 1 aliphatic rings. The van der Waals surface area contributed by atoms with Crippen LogP contribution in [-0.2, 0) is 20.8 Å². The van der Waals surface area contributed by atoms with E-state index >= 15 is 0 Å². The van der Waals surface area contributed by atoms with Gasteiger partial charge in [0, 0.05) is 19.2 Å². The molecular formula is C17H26N2O5. The van der Waals surface area contributed by atoms with Gasteiger partial charge >= 0.3 is 0 Å². The van der Waals surface area contributed by atoms with E-state index in [1.54, 1.807) is 26.2 Å². The predicted molar refractivity (Wildman–Crippen MR) is 88.9 cm³/mol. The minimum Gasteiger partial charge on any atom is -0.496 e. The van der Waals surface area contributed by atoms with E-state index in [0.717, 1.165) is 11.3 Å². The SMILES string of the molecule is COc1ccccc1CNC(=O)CN(C)[C@@H]1COC[C@@H](OC)[C@H]1O. The lowest BCUT2D eigenvalue weighted by molar-refractivity contribution is -0.145. The Morgan fingerprint density at radius 3 is 2.83 bits per heavy atom. The number of carbonyl (C=O) groups excluding carboxylic acids is 1. The van der Waals surface area contributed by atoms with E-state index < -0.39 is 6.10 Å². The Labute approximate surface area is 142 Å². The number of carbonyl (C=O) groups is 1. The molecule has 3 atom stereocenters. The van der Waals surface area contributed by atoms with Gasteiger partial charge in [0.25, 0.3) is 0 Å². The molecule has 0 radical (unpaired) electrons. The molecule has 0 unspecified atom stereocenters. The van der Waals surface area contributed by atoms with Crippen molar-refractivity contribution in [1.29, 1.82) is 0 Å². The molecule has 0 spiro atoms. The maximum absolute atomic E-state index is 12.2. The summed E-state index contributed by atoms with van der Waals surface area (Å²) in [5, 5.41) is 13.2. The molecule has 24 heavy (non-hydrogen) atoms. The Balaban J connectivity index is 1.85. The van der Waals surface area contributed by atoms with Gasteiger partial charge < -0.3 is 24.6 Å². The van der Waals surface area contributed by atoms with Crippen LogP contribution in [0.25, 0.3) is 0 Å². The number of likely N-dealkylation sites (N-methyl/N-ethyl adjacent to an activating group) is 1. The molecule has 0 aromatic heterocycles. The fourth-order valence-corrected chi connectivity index (χ4v) is 2.79. The predicted octanol–water partition coefficient (Wildman–Crippen LogP) is 0.0179. The van der Waals surface area contributed by atoms with Crippen molar-refractivity contribution in [3.8, 4) is 5.75 Å². The molecular weight excluding hydrogens is 312 g/mol. The Hall–Kier alpha value is -1.67. The van der Waals surface area contributed by atoms with E-state index in [0.29, 0.717) is 19.8 Å². The summed E-state index contributed by atoms with van der Waals surface area (Å²) < 4.78 is 15.9. The third-order valence-electron chi connectivity index (χ3n) is 4.28. The fraction of sp³-hybridized carbons (Fsp3) is 0.588. The van der Waals surface area contributed by atoms with Crippen LogP contribution >= 0.6 is 0 Å². The number of benzene rings is 1. The van der Waals surface area contributed by atoms with Crippen LogP contribution < -0.4 is 10.1 Å². The summed E-state index contributed by atoms with van der Waals surface area (Å²) >= 11 is 0. The standard InChI is InChI=1S/C17H26N2O5/c1-19(13-10-24-11-15(23-3)17(13)21)9-16(20)18-8-12-6-4-5-7-14(12)22-2/h4-7,13,15,17,21H,8-11H2,1-3H3,(H,18,20)/t13-,15-,17+/m1/s1. The summed E-state index contributed by atoms with van der Waals surface area (Å²) in [5.41, 5.74) is 0.913. The number of hydrogen-bond donors (Lipinski definition) is 2. The molecule has 1 aromatic carbocycles. The largest absolute Gasteiger partial charge is 0.496 e. The Bertz CT molecular complexity index is 539. The van der Waals surface area contributed by atoms with Crippen molar-refractivity contribution in [3.63, 3.8) is 0 Å². The first-order chi connectivity index (χ1) is 11.6. The molecule has 7 heteroatoms. The molecule has 1 aromatic rings. The molecule has 1 fully saturated rings. The zero-order chi connectivity index (χ0) is 17.5. The zero-order valence-corrected chi connectivity index (χ0v) is 14.4. The van der Waals surface area contributed by atoms with E-state index in [1.807, 2.05) is 24.3 Å². The number of para-hydroxylation sites is 1. The van der Waals surface area contributed by atoms with E-state index in [2.05, 4.69) is 5.32 Å². The number of rotatable bonds is 7. The van der Waals surface area contributed by atoms with Gasteiger partial charge in [-0.05, 0) is 13.1 Å². The molecule has 0 bridgehead atoms. The van der Waals surface area contributed by atoms with E-state index in [1.165, 1.54) is 0 Å². The van der Waals surface area contributed by atoms with E-state index in [9.17, 15) is 9.90 Å². The molecule has 1 saturated heterocycles. The van der Waals surface area contributed by atoms with Gasteiger partial charge in [-0.2, -0.15) is 0 Å². The second kappa shape index (κ2) is 8.98. The summed E-state index contributed by atoms with van der Waals surface area (Å²) in [7, 11) is 4.93. The molecule has 1 amide bonds. The van der Waals surface area contributed by atoms with Crippen molar-refractivity contribution in [3.05, 3.63) is 29.8 Å². The number of aliphatic hydroxyl groups excluding tert-OH is 1. The van der Waals surface area contributed by atoms with Crippen LogP contribution in [0.2, 0.25) is 0 Å². The third kappa shape index (κ3) is 4.67. The highest BCUT2D eigenvalue weighted by Crippen LogP contribution is 2.17. The van der Waals surface area contributed by atoms with Crippen molar-refractivity contribution in [2.45, 2.75) is 24.8 Å². The minimum atomic E-state index is -0.684. The van der Waals surface area contributed by atoms with Gasteiger partial charge in [0.15, 0.2) is 0 Å². The van der Waals surface area contributed by atoms with Crippen molar-refractivity contribution in [2.24, 2.45) is 0 Å². The van der Waals surface area contributed by atoms with Crippen LogP contribution in [0.15, 0.2) is 24.3 Å². The van der Waals surface area contributed by atoms with Gasteiger partial charge in [-0.25, -0.2) is 0 Å². The highest BCUT2D eigenvalue weighted by Gasteiger charge is 2.35. The van der Waals surface area contributed by atoms with Gasteiger partial charge in [-0.1, -0.05) is 18.2 Å². The summed E-state index contributed by atoms with van der Waals surface area (Å²) in [4.78, 5) is 14.0. The summed E-state index contributed by atoms with van der Waals surface area (Å²) in [6.45, 7) is 1.29. The highest BCUT2D eigenvalue weighted by atomic mass is 16.5. The monoisotopic (exact) mass is 338 g/mol. The average molecular weight is 338 g/mol. The highest BCUT2D eigenvalue weighted by molar-refractivity contribution is 5.78. The first kappa shape index (κ1) is 18.7. The second-order valence-corrected chi connectivity index (χ2v) is 5.87. The number of aliphatic hydroxyl groups is 1. The number of nitrogens with zero attached hydrogens (tertiary/aromatic N) is 1. The summed E-state index contributed by atoms with van der Waals surface area (Å²) in [6, 6.07) is 7.27. The minimum absolute atomic E-state index is 0.129. The quantitative estimate of drug-likeness (QED) is 0.730. The van der Waals surface area contributed by atoms with Gasteiger partial charge in [0.05, 0.1) is 32.9 Å². The van der Waals surface area contributed by atoms with Gasteiger partial charge in [0.2, 0.25) is 5.91 Å². The van der Waals surface area contributed by atoms with Crippen LogP contribution in [0.1, 0.15) is 5.56 Å². The molecule has 134 valence electrons. The van der Waals surface area contributed by atoms with Gasteiger partial charge in [-0.3, -0.25) is 9.69 Å². The number of amides is 1. The van der Waals surface area contributed by atoms with Crippen molar-refractivity contribution in [1.82, 2.24) is 10.2 Å². The van der Waals surface area contributed by atoms with Crippen molar-refractivity contribution < 1.29 is 24.1 Å². The van der Waals surface area contributed by atoms with Crippen molar-refractivity contribution >= 4 is 5.91 Å². The van der Waals surface area contributed by atoms with E-state index in [-0.39, 0.29) is 24.6 Å². The first-order valence-corrected chi connectivity index (χ1v) is 7.94. The smallest absolute Gasteiger partial charge is 0.234 e. The molecule has 1 heterocycles. The summed E-state index contributed by atoms with van der Waals surface area (Å²) in [6.07, 6.45) is -1.06. The van der Waals surface area contributed by atoms with Crippen molar-refractivity contribution in [2.75, 3.05) is 41.0 Å². The van der Waals surface area contributed by atoms with Crippen LogP contribution in [0.4, 0.5) is 0 Å². The Morgan fingerprint density at radius 2 is 2.12 bits per heavy atom. The number of hydrogen-bond acceptors (Lipinski definition) is 6. The molecule has 7 nitrogen and oxygen atoms in total. The zero-order valence-electron chi connectivity index (χ0n) is 14.4. The lowest BCUT2D eigenvalue weighted by Gasteiger charge is -2.38. The number of ether oxygens (including phenoxy) is 3. The van der Waals surface area contributed by atoms with Gasteiger partial charge in [-0.15, -0.1) is 0 Å². The normalized spacial score (nSPS) is 24.0. The molecule has 0 saturated carbocycles. The fourth-order valence-electron chi connectivity index (χ4n) is 2.79. The lowest BCUT2D eigenvalue weighted by atomic mass is 10.0. The molecule has 0 aliphatic carbocycles. The first-order valence-electron chi connectivity index (χ1n) is 7.94. The van der Waals surface area contributed by atoms with Crippen LogP contribution in [0, 0.1) is 0 Å². The summed E-state index contributed by atoms with van der Waals surface area (Å²) in [5.74, 6) is 0.611. The number of methoxy groups -OCH3 is 2. The lowest BCUT2D eigenvalue weighted by Crippen LogP contribution is -2.56. The topological polar surface area (TPSA) is 80.3 Å². The van der Waals surface area contributed by atoms with Gasteiger partial charge in [0.1, 0.15) is 18.0 Å². The van der Waals surface area contributed by atoms with E-state index in [4.69, 9.17) is 14.2 Å². The maximum atomic E-state index is 12.2. The van der Waals surface area contributed by atoms with Crippen LogP contribution in [-0.4, -0.2) is 75.2 Å². The molecule has 2 rings (SSSR count). The molecule has 2 N–H and O–H groups in total. The number of nitrogens with one attached hydrogen (secondary N) is 1. The Morgan fingerprint density at radius 1 is 1.38 bits per heavy atom. The second-order valence-electron chi connectivity index (χ2n) is 5.87. The van der Waals surface area contributed by atoms with Crippen LogP contribution in [0.5, 0.6) is 5.75 Å². The van der Waals surface area contributed by atoms with Crippen LogP contribution in [0.3, 0.4) is 0 Å².